The molecule has 1 aliphatic rings. The van der Waals surface area contributed by atoms with Crippen LogP contribution in [-0.2, 0) is 25.9 Å². The molecule has 1 aromatic carbocycles. The van der Waals surface area contributed by atoms with E-state index in [4.69, 9.17) is 16.4 Å². The summed E-state index contributed by atoms with van der Waals surface area (Å²) in [6.45, 7) is 0. The van der Waals surface area contributed by atoms with Crippen LogP contribution in [0.15, 0.2) is 23.4 Å². The Kier molecular flexibility index (Phi) is 5.09. The van der Waals surface area contributed by atoms with Crippen LogP contribution in [0.2, 0.25) is 0 Å². The predicted octanol–water partition coefficient (Wildman–Crippen LogP) is 2.67. The first-order valence-corrected chi connectivity index (χ1v) is 8.79. The summed E-state index contributed by atoms with van der Waals surface area (Å²) in [7, 11) is -4.07. The first kappa shape index (κ1) is 18.5. The number of hydrogen-bond donors (Lipinski definition) is 0. The molecule has 0 radical (unpaired) electrons. The van der Waals surface area contributed by atoms with Crippen molar-refractivity contribution in [2.45, 2.75) is 18.7 Å². The first-order valence-electron chi connectivity index (χ1n) is 6.43. The van der Waals surface area contributed by atoms with Gasteiger partial charge in [-0.15, -0.1) is 11.6 Å². The van der Waals surface area contributed by atoms with Gasteiger partial charge in [0.1, 0.15) is 11.5 Å². The van der Waals surface area contributed by atoms with E-state index in [-0.39, 0.29) is 23.6 Å². The number of hydrogen-bond acceptors (Lipinski definition) is 6. The van der Waals surface area contributed by atoms with Crippen LogP contribution in [0.1, 0.15) is 23.7 Å². The lowest BCUT2D eigenvalue weighted by Gasteiger charge is -2.16. The molecule has 24 heavy (non-hydrogen) atoms. The van der Waals surface area contributed by atoms with E-state index in [0.717, 1.165) is 12.1 Å². The Morgan fingerprint density at radius 1 is 1.46 bits per heavy atom. The van der Waals surface area contributed by atoms with E-state index < -0.39 is 39.5 Å². The minimum atomic E-state index is -4.68. The molecule has 0 aromatic heterocycles. The van der Waals surface area contributed by atoms with Crippen molar-refractivity contribution in [2.24, 2.45) is 5.16 Å². The maximum Gasteiger partial charge on any atom is 0.416 e. The Balaban J connectivity index is 2.38. The zero-order valence-electron chi connectivity index (χ0n) is 12.1. The van der Waals surface area contributed by atoms with Crippen molar-refractivity contribution in [3.8, 4) is 5.75 Å². The third kappa shape index (κ3) is 4.38. The molecule has 6 nitrogen and oxygen atoms in total. The molecule has 0 amide bonds. The molecule has 0 unspecified atom stereocenters. The molecule has 1 aliphatic heterocycles. The van der Waals surface area contributed by atoms with Crippen LogP contribution in [0.4, 0.5) is 13.2 Å². The molecule has 0 saturated carbocycles. The predicted molar refractivity (Wildman–Crippen MR) is 78.5 cm³/mol. The Morgan fingerprint density at radius 3 is 2.67 bits per heavy atom. The highest BCUT2D eigenvalue weighted by Gasteiger charge is 2.34. The average Bonchev–Trinajstić information content (AvgIpc) is 2.93. The fourth-order valence-corrected chi connectivity index (χ4v) is 2.62. The maximum atomic E-state index is 12.8. The molecule has 11 heteroatoms. The van der Waals surface area contributed by atoms with Gasteiger partial charge in [0.05, 0.1) is 17.7 Å². The molecule has 0 aliphatic carbocycles. The summed E-state index contributed by atoms with van der Waals surface area (Å²) < 4.78 is 65.7. The lowest BCUT2D eigenvalue weighted by Crippen LogP contribution is -2.15. The largest absolute Gasteiger partial charge is 0.416 e. The van der Waals surface area contributed by atoms with Gasteiger partial charge in [0.2, 0.25) is 0 Å². The molecular formula is C13H11ClF3NO5S. The lowest BCUT2D eigenvalue weighted by molar-refractivity contribution is -0.137. The summed E-state index contributed by atoms with van der Waals surface area (Å²) in [4.78, 5) is 16.5. The number of benzene rings is 1. The van der Waals surface area contributed by atoms with Gasteiger partial charge in [-0.25, -0.2) is 0 Å². The van der Waals surface area contributed by atoms with Gasteiger partial charge in [-0.05, 0) is 12.1 Å². The van der Waals surface area contributed by atoms with Crippen LogP contribution < -0.4 is 4.18 Å². The minimum Gasteiger partial charge on any atom is -0.387 e. The van der Waals surface area contributed by atoms with Gasteiger partial charge in [-0.1, -0.05) is 11.2 Å². The molecule has 1 atom stereocenters. The smallest absolute Gasteiger partial charge is 0.387 e. The first-order chi connectivity index (χ1) is 11.0. The quantitative estimate of drug-likeness (QED) is 0.575. The molecule has 2 rings (SSSR count). The van der Waals surface area contributed by atoms with Gasteiger partial charge in [-0.2, -0.15) is 21.6 Å². The Hall–Kier alpha value is -1.81. The van der Waals surface area contributed by atoms with Gasteiger partial charge in [0.15, 0.2) is 11.9 Å². The summed E-state index contributed by atoms with van der Waals surface area (Å²) in [5.74, 6) is -1.35. The van der Waals surface area contributed by atoms with E-state index in [1.165, 1.54) is 0 Å². The summed E-state index contributed by atoms with van der Waals surface area (Å²) in [6.07, 6.45) is -4.99. The van der Waals surface area contributed by atoms with Crippen LogP contribution in [0.25, 0.3) is 0 Å². The summed E-state index contributed by atoms with van der Waals surface area (Å²) in [6, 6.07) is 2.34. The standard InChI is InChI=1S/C13H11ClF3NO5S/c1-24(20,21)23-12-4-7(13(15,16)17)2-3-8(12)11-5-9(18-22-11)10(19)6-14/h2-4,11H,5-6H2,1H3/t11-/m1/s1. The van der Waals surface area contributed by atoms with E-state index in [1.807, 2.05) is 0 Å². The molecule has 1 heterocycles. The normalized spacial score (nSPS) is 18.0. The highest BCUT2D eigenvalue weighted by molar-refractivity contribution is 7.86. The SMILES string of the molecule is CS(=O)(=O)Oc1cc(C(F)(F)F)ccc1[C@H]1CC(C(=O)CCl)=NO1. The van der Waals surface area contributed by atoms with Crippen LogP contribution >= 0.6 is 11.6 Å². The maximum absolute atomic E-state index is 12.8. The topological polar surface area (TPSA) is 82.0 Å². The monoisotopic (exact) mass is 385 g/mol. The van der Waals surface area contributed by atoms with Crippen molar-refractivity contribution in [3.63, 3.8) is 0 Å². The fourth-order valence-electron chi connectivity index (χ4n) is 2.00. The molecule has 0 fully saturated rings. The number of Topliss-reactive ketones (excluding diaryl/α,β-unsaturated/α-hetero) is 1. The number of carbonyl (C=O) groups excluding carboxylic acids is 1. The number of carbonyl (C=O) groups is 1. The van der Waals surface area contributed by atoms with Crippen molar-refractivity contribution >= 4 is 33.2 Å². The highest BCUT2D eigenvalue weighted by atomic mass is 35.5. The number of oxime groups is 1. The van der Waals surface area contributed by atoms with E-state index in [2.05, 4.69) is 9.34 Å². The Labute approximate surface area is 140 Å². The fraction of sp³-hybridized carbons (Fsp3) is 0.385. The second-order valence-electron chi connectivity index (χ2n) is 4.93. The van der Waals surface area contributed by atoms with Gasteiger partial charge in [0.25, 0.3) is 0 Å². The third-order valence-electron chi connectivity index (χ3n) is 3.04. The lowest BCUT2D eigenvalue weighted by atomic mass is 10.0. The van der Waals surface area contributed by atoms with Crippen LogP contribution in [0, 0.1) is 0 Å². The number of ketones is 1. The van der Waals surface area contributed by atoms with Crippen molar-refractivity contribution in [2.75, 3.05) is 12.1 Å². The molecule has 0 spiro atoms. The van der Waals surface area contributed by atoms with Crippen LogP contribution in [0.5, 0.6) is 5.75 Å². The van der Waals surface area contributed by atoms with E-state index >= 15 is 0 Å². The third-order valence-corrected chi connectivity index (χ3v) is 3.77. The molecule has 1 aromatic rings. The second-order valence-corrected chi connectivity index (χ2v) is 6.77. The van der Waals surface area contributed by atoms with Gasteiger partial charge in [-0.3, -0.25) is 4.79 Å². The molecule has 0 saturated heterocycles. The van der Waals surface area contributed by atoms with Gasteiger partial charge < -0.3 is 9.02 Å². The number of alkyl halides is 4. The van der Waals surface area contributed by atoms with E-state index in [1.54, 1.807) is 0 Å². The van der Waals surface area contributed by atoms with Crippen molar-refractivity contribution in [1.29, 1.82) is 0 Å². The summed E-state index contributed by atoms with van der Waals surface area (Å²) >= 11 is 5.40. The van der Waals surface area contributed by atoms with Crippen molar-refractivity contribution in [1.82, 2.24) is 0 Å². The van der Waals surface area contributed by atoms with E-state index in [0.29, 0.717) is 12.3 Å². The van der Waals surface area contributed by atoms with Gasteiger partial charge in [0, 0.05) is 12.0 Å². The molecule has 0 bridgehead atoms. The van der Waals surface area contributed by atoms with Crippen molar-refractivity contribution < 1.29 is 35.4 Å². The zero-order chi connectivity index (χ0) is 18.1. The van der Waals surface area contributed by atoms with Crippen LogP contribution in [0.3, 0.4) is 0 Å². The number of rotatable bonds is 5. The summed E-state index contributed by atoms with van der Waals surface area (Å²) in [5, 5.41) is 3.53. The second kappa shape index (κ2) is 6.60. The molecular weight excluding hydrogens is 375 g/mol. The zero-order valence-corrected chi connectivity index (χ0v) is 13.7. The van der Waals surface area contributed by atoms with Gasteiger partial charge >= 0.3 is 16.3 Å². The highest BCUT2D eigenvalue weighted by Crippen LogP contribution is 2.39. The Bertz CT molecular complexity index is 791. The van der Waals surface area contributed by atoms with Crippen molar-refractivity contribution in [3.05, 3.63) is 29.3 Å². The van der Waals surface area contributed by atoms with E-state index in [9.17, 15) is 26.4 Å². The number of nitrogens with zero attached hydrogens (tertiary/aromatic N) is 1. The number of halogens is 4. The average molecular weight is 386 g/mol. The summed E-state index contributed by atoms with van der Waals surface area (Å²) in [5.41, 5.74) is -1.05. The molecule has 132 valence electrons. The Morgan fingerprint density at radius 2 is 2.12 bits per heavy atom. The molecule has 0 N–H and O–H groups in total. The minimum absolute atomic E-state index is 0.0141. The van der Waals surface area contributed by atoms with Crippen LogP contribution in [-0.4, -0.2) is 32.0 Å².